The first-order valence-electron chi connectivity index (χ1n) is 8.60. The zero-order valence-electron chi connectivity index (χ0n) is 15.3. The molecule has 0 radical (unpaired) electrons. The van der Waals surface area contributed by atoms with Gasteiger partial charge in [0.1, 0.15) is 5.56 Å². The van der Waals surface area contributed by atoms with Gasteiger partial charge < -0.3 is 9.30 Å². The van der Waals surface area contributed by atoms with Gasteiger partial charge in [-0.3, -0.25) is 25.0 Å². The van der Waals surface area contributed by atoms with Crippen molar-refractivity contribution < 1.29 is 19.4 Å². The van der Waals surface area contributed by atoms with Crippen LogP contribution in [-0.4, -0.2) is 33.5 Å². The fourth-order valence-electron chi connectivity index (χ4n) is 2.73. The fraction of sp³-hybridized carbons (Fsp3) is 0.222. The average molecular weight is 416 g/mol. The molecular weight excluding hydrogens is 400 g/mol. The Morgan fingerprint density at radius 2 is 1.93 bits per heavy atom. The topological polar surface area (TPSA) is 130 Å². The molecule has 3 aromatic rings. The highest BCUT2D eigenvalue weighted by atomic mass is 32.1. The lowest BCUT2D eigenvalue weighted by Gasteiger charge is -2.05. The molecule has 0 fully saturated rings. The van der Waals surface area contributed by atoms with Crippen LogP contribution >= 0.6 is 11.3 Å². The number of hydrogen-bond donors (Lipinski definition) is 0. The van der Waals surface area contributed by atoms with Crippen LogP contribution < -0.4 is 4.80 Å². The van der Waals surface area contributed by atoms with E-state index in [4.69, 9.17) is 4.74 Å². The molecule has 1 aromatic heterocycles. The van der Waals surface area contributed by atoms with Crippen molar-refractivity contribution in [2.24, 2.45) is 4.99 Å². The van der Waals surface area contributed by atoms with Crippen molar-refractivity contribution in [1.29, 1.82) is 0 Å². The molecule has 0 saturated carbocycles. The van der Waals surface area contributed by atoms with E-state index in [1.54, 1.807) is 10.6 Å². The summed E-state index contributed by atoms with van der Waals surface area (Å²) in [5.74, 6) is -0.761. The zero-order valence-corrected chi connectivity index (χ0v) is 16.1. The Hall–Kier alpha value is -3.44. The van der Waals surface area contributed by atoms with E-state index in [-0.39, 0.29) is 21.7 Å². The number of thiazole rings is 1. The summed E-state index contributed by atoms with van der Waals surface area (Å²) in [6.45, 7) is 2.96. The van der Waals surface area contributed by atoms with Gasteiger partial charge in [0.2, 0.25) is 0 Å². The molecular formula is C18H16N4O6S. The lowest BCUT2D eigenvalue weighted by atomic mass is 10.2. The first-order valence-corrected chi connectivity index (χ1v) is 9.42. The summed E-state index contributed by atoms with van der Waals surface area (Å²) in [5, 5.41) is 22.3. The van der Waals surface area contributed by atoms with Gasteiger partial charge in [0, 0.05) is 31.4 Å². The zero-order chi connectivity index (χ0) is 21.0. The number of nitro benzene ring substituents is 2. The molecule has 3 rings (SSSR count). The molecule has 0 aliphatic rings. The van der Waals surface area contributed by atoms with E-state index >= 15 is 0 Å². The fourth-order valence-corrected chi connectivity index (χ4v) is 3.77. The average Bonchev–Trinajstić information content (AvgIpc) is 3.04. The summed E-state index contributed by atoms with van der Waals surface area (Å²) in [5.41, 5.74) is -0.00814. The highest BCUT2D eigenvalue weighted by Crippen LogP contribution is 2.24. The summed E-state index contributed by atoms with van der Waals surface area (Å²) in [7, 11) is 0. The van der Waals surface area contributed by atoms with Gasteiger partial charge in [0.15, 0.2) is 4.80 Å². The Kier molecular flexibility index (Phi) is 6.10. The number of para-hydroxylation sites is 1. The minimum Gasteiger partial charge on any atom is -0.380 e. The SMILES string of the molecule is CCOCCn1c(=NC(=O)c2ccccc2[N+](=O)[O-])sc2ccc([N+](=O)[O-])cc21. The summed E-state index contributed by atoms with van der Waals surface area (Å²) in [6.07, 6.45) is 0. The molecule has 0 N–H and O–H groups in total. The molecule has 11 heteroatoms. The Balaban J connectivity index is 2.14. The predicted octanol–water partition coefficient (Wildman–Crippen LogP) is 3.30. The van der Waals surface area contributed by atoms with E-state index in [1.165, 1.54) is 47.7 Å². The number of fused-ring (bicyclic) bond motifs is 1. The second kappa shape index (κ2) is 8.71. The third-order valence-corrected chi connectivity index (χ3v) is 5.13. The first-order chi connectivity index (χ1) is 13.9. The molecule has 1 heterocycles. The standard InChI is InChI=1S/C18H16N4O6S/c1-2-28-10-9-20-15-11-12(21(24)25)7-8-16(15)29-18(20)19-17(23)13-5-3-4-6-14(13)22(26)27/h3-8,11H,2,9-10H2,1H3. The minimum atomic E-state index is -0.761. The van der Waals surface area contributed by atoms with Crippen LogP contribution in [0.25, 0.3) is 10.2 Å². The Bertz CT molecular complexity index is 1170. The van der Waals surface area contributed by atoms with E-state index in [2.05, 4.69) is 4.99 Å². The minimum absolute atomic E-state index is 0.0861. The lowest BCUT2D eigenvalue weighted by molar-refractivity contribution is -0.385. The van der Waals surface area contributed by atoms with Crippen LogP contribution in [0.5, 0.6) is 0 Å². The first kappa shape index (κ1) is 20.3. The van der Waals surface area contributed by atoms with E-state index in [9.17, 15) is 25.0 Å². The molecule has 0 unspecified atom stereocenters. The largest absolute Gasteiger partial charge is 0.380 e. The quantitative estimate of drug-likeness (QED) is 0.330. The van der Waals surface area contributed by atoms with Crippen LogP contribution in [0.3, 0.4) is 0 Å². The van der Waals surface area contributed by atoms with Crippen LogP contribution in [0.4, 0.5) is 11.4 Å². The summed E-state index contributed by atoms with van der Waals surface area (Å²) in [4.78, 5) is 38.2. The molecule has 0 saturated heterocycles. The van der Waals surface area contributed by atoms with Crippen molar-refractivity contribution in [3.63, 3.8) is 0 Å². The third-order valence-electron chi connectivity index (χ3n) is 4.07. The number of carbonyl (C=O) groups excluding carboxylic acids is 1. The highest BCUT2D eigenvalue weighted by molar-refractivity contribution is 7.16. The number of carbonyl (C=O) groups is 1. The highest BCUT2D eigenvalue weighted by Gasteiger charge is 2.20. The molecule has 1 amide bonds. The van der Waals surface area contributed by atoms with E-state index in [0.717, 1.165) is 0 Å². The third kappa shape index (κ3) is 4.36. The van der Waals surface area contributed by atoms with Crippen LogP contribution in [0.15, 0.2) is 47.5 Å². The predicted molar refractivity (Wildman–Crippen MR) is 106 cm³/mol. The van der Waals surface area contributed by atoms with E-state index in [1.807, 2.05) is 6.92 Å². The molecule has 29 heavy (non-hydrogen) atoms. The summed E-state index contributed by atoms with van der Waals surface area (Å²) in [6, 6.07) is 9.94. The maximum absolute atomic E-state index is 12.7. The number of nitro groups is 2. The van der Waals surface area contributed by atoms with Crippen molar-refractivity contribution in [2.45, 2.75) is 13.5 Å². The second-order valence-electron chi connectivity index (χ2n) is 5.83. The normalized spacial score (nSPS) is 11.7. The number of hydrogen-bond acceptors (Lipinski definition) is 7. The van der Waals surface area contributed by atoms with Gasteiger partial charge in [-0.25, -0.2) is 0 Å². The van der Waals surface area contributed by atoms with Gasteiger partial charge in [0.05, 0.1) is 26.7 Å². The van der Waals surface area contributed by atoms with Gasteiger partial charge in [-0.05, 0) is 19.1 Å². The van der Waals surface area contributed by atoms with Crippen molar-refractivity contribution in [3.8, 4) is 0 Å². The smallest absolute Gasteiger partial charge is 0.286 e. The molecule has 0 spiro atoms. The van der Waals surface area contributed by atoms with Gasteiger partial charge in [0.25, 0.3) is 17.3 Å². The second-order valence-corrected chi connectivity index (χ2v) is 6.84. The maximum Gasteiger partial charge on any atom is 0.286 e. The lowest BCUT2D eigenvalue weighted by Crippen LogP contribution is -2.20. The van der Waals surface area contributed by atoms with Crippen LogP contribution in [0, 0.1) is 20.2 Å². The molecule has 2 aromatic carbocycles. The van der Waals surface area contributed by atoms with Crippen LogP contribution in [0.2, 0.25) is 0 Å². The number of ether oxygens (including phenoxy) is 1. The Morgan fingerprint density at radius 1 is 1.17 bits per heavy atom. The number of nitrogens with zero attached hydrogens (tertiary/aromatic N) is 4. The van der Waals surface area contributed by atoms with Gasteiger partial charge in [-0.1, -0.05) is 23.5 Å². The molecule has 150 valence electrons. The Morgan fingerprint density at radius 3 is 2.62 bits per heavy atom. The van der Waals surface area contributed by atoms with Crippen molar-refractivity contribution >= 4 is 38.8 Å². The van der Waals surface area contributed by atoms with Gasteiger partial charge >= 0.3 is 0 Å². The molecule has 0 aliphatic carbocycles. The number of non-ortho nitro benzene ring substituents is 1. The van der Waals surface area contributed by atoms with Gasteiger partial charge in [-0.15, -0.1) is 0 Å². The van der Waals surface area contributed by atoms with Crippen molar-refractivity contribution in [3.05, 3.63) is 73.1 Å². The van der Waals surface area contributed by atoms with Crippen LogP contribution in [-0.2, 0) is 11.3 Å². The molecule has 0 bridgehead atoms. The Labute approximate surface area is 168 Å². The van der Waals surface area contributed by atoms with E-state index < -0.39 is 15.8 Å². The monoisotopic (exact) mass is 416 g/mol. The van der Waals surface area contributed by atoms with Crippen molar-refractivity contribution in [1.82, 2.24) is 4.57 Å². The molecule has 0 aliphatic heterocycles. The number of aromatic nitrogens is 1. The maximum atomic E-state index is 12.7. The number of amides is 1. The number of benzene rings is 2. The van der Waals surface area contributed by atoms with Crippen molar-refractivity contribution in [2.75, 3.05) is 13.2 Å². The van der Waals surface area contributed by atoms with E-state index in [0.29, 0.717) is 30.0 Å². The molecule has 10 nitrogen and oxygen atoms in total. The van der Waals surface area contributed by atoms with Crippen LogP contribution in [0.1, 0.15) is 17.3 Å². The summed E-state index contributed by atoms with van der Waals surface area (Å²) < 4.78 is 7.71. The summed E-state index contributed by atoms with van der Waals surface area (Å²) >= 11 is 1.17. The number of rotatable bonds is 7. The molecule has 0 atom stereocenters. The van der Waals surface area contributed by atoms with Gasteiger partial charge in [-0.2, -0.15) is 4.99 Å².